The summed E-state index contributed by atoms with van der Waals surface area (Å²) in [6, 6.07) is 7.53. The Morgan fingerprint density at radius 1 is 1.35 bits per heavy atom. The number of amides is 2. The van der Waals surface area contributed by atoms with E-state index in [1.165, 1.54) is 0 Å². The maximum Gasteiger partial charge on any atom is 0.239 e. The van der Waals surface area contributed by atoms with Crippen LogP contribution in [0.2, 0.25) is 0 Å². The number of carbonyl (C=O) groups is 2. The zero-order chi connectivity index (χ0) is 15.0. The summed E-state index contributed by atoms with van der Waals surface area (Å²) in [4.78, 5) is 22.4. The van der Waals surface area contributed by atoms with Crippen LogP contribution in [0.25, 0.3) is 0 Å². The summed E-state index contributed by atoms with van der Waals surface area (Å²) >= 11 is 0. The van der Waals surface area contributed by atoms with E-state index >= 15 is 0 Å². The Hall–Kier alpha value is -2.08. The molecular formula is C14H21N3O3. The van der Waals surface area contributed by atoms with Crippen LogP contribution in [-0.4, -0.2) is 37.6 Å². The number of hydrogen-bond donors (Lipinski definition) is 3. The number of nitrogens with two attached hydrogens (primary N) is 1. The quantitative estimate of drug-likeness (QED) is 0.652. The number of nitrogens with one attached hydrogen (secondary N) is 2. The van der Waals surface area contributed by atoms with Crippen LogP contribution in [0.5, 0.6) is 5.75 Å². The molecule has 0 aliphatic rings. The van der Waals surface area contributed by atoms with Gasteiger partial charge in [0.2, 0.25) is 11.8 Å². The topological polar surface area (TPSA) is 93.5 Å². The van der Waals surface area contributed by atoms with E-state index < -0.39 is 0 Å². The van der Waals surface area contributed by atoms with Gasteiger partial charge in [-0.05, 0) is 31.5 Å². The largest absolute Gasteiger partial charge is 0.491 e. The van der Waals surface area contributed by atoms with Gasteiger partial charge >= 0.3 is 0 Å². The average molecular weight is 279 g/mol. The Morgan fingerprint density at radius 3 is 2.75 bits per heavy atom. The molecule has 0 heterocycles. The predicted molar refractivity (Wildman–Crippen MR) is 76.3 cm³/mol. The first-order chi connectivity index (χ1) is 9.51. The summed E-state index contributed by atoms with van der Waals surface area (Å²) in [5, 5.41) is 5.13. The zero-order valence-corrected chi connectivity index (χ0v) is 11.8. The highest BCUT2D eigenvalue weighted by Crippen LogP contribution is 2.12. The smallest absolute Gasteiger partial charge is 0.239 e. The van der Waals surface area contributed by atoms with Crippen molar-refractivity contribution < 1.29 is 14.3 Å². The van der Waals surface area contributed by atoms with E-state index in [1.54, 1.807) is 0 Å². The molecular weight excluding hydrogens is 258 g/mol. The van der Waals surface area contributed by atoms with Crippen LogP contribution in [0, 0.1) is 6.92 Å². The summed E-state index contributed by atoms with van der Waals surface area (Å²) in [6.45, 7) is 3.97. The fourth-order valence-corrected chi connectivity index (χ4v) is 1.54. The maximum absolute atomic E-state index is 11.5. The van der Waals surface area contributed by atoms with Gasteiger partial charge in [-0.15, -0.1) is 0 Å². The van der Waals surface area contributed by atoms with Crippen LogP contribution in [0.1, 0.15) is 12.5 Å². The number of rotatable bonds is 7. The molecule has 4 N–H and O–H groups in total. The molecule has 0 fully saturated rings. The first-order valence-corrected chi connectivity index (χ1v) is 6.47. The van der Waals surface area contributed by atoms with Crippen LogP contribution in [0.15, 0.2) is 24.3 Å². The molecule has 0 aliphatic carbocycles. The number of benzene rings is 1. The molecule has 110 valence electrons. The fourth-order valence-electron chi connectivity index (χ4n) is 1.54. The molecule has 0 saturated carbocycles. The van der Waals surface area contributed by atoms with E-state index in [4.69, 9.17) is 10.5 Å². The molecule has 0 spiro atoms. The van der Waals surface area contributed by atoms with Gasteiger partial charge in [0.1, 0.15) is 12.4 Å². The Morgan fingerprint density at radius 2 is 2.10 bits per heavy atom. The lowest BCUT2D eigenvalue weighted by Crippen LogP contribution is -2.44. The summed E-state index contributed by atoms with van der Waals surface area (Å²) in [5.41, 5.74) is 6.23. The van der Waals surface area contributed by atoms with E-state index in [-0.39, 0.29) is 30.9 Å². The third kappa shape index (κ3) is 6.19. The number of ether oxygens (including phenoxy) is 1. The second kappa shape index (κ2) is 8.16. The minimum atomic E-state index is -0.358. The van der Waals surface area contributed by atoms with E-state index in [0.717, 1.165) is 11.3 Å². The van der Waals surface area contributed by atoms with Crippen molar-refractivity contribution in [1.82, 2.24) is 10.6 Å². The van der Waals surface area contributed by atoms with Crippen LogP contribution in [0.4, 0.5) is 0 Å². The lowest BCUT2D eigenvalue weighted by molar-refractivity contribution is -0.125. The second-order valence-corrected chi connectivity index (χ2v) is 4.58. The van der Waals surface area contributed by atoms with Gasteiger partial charge in [0.15, 0.2) is 0 Å². The van der Waals surface area contributed by atoms with Gasteiger partial charge in [-0.3, -0.25) is 9.59 Å². The molecule has 6 nitrogen and oxygen atoms in total. The Balaban J connectivity index is 2.27. The lowest BCUT2D eigenvalue weighted by atomic mass is 10.2. The van der Waals surface area contributed by atoms with Crippen molar-refractivity contribution in [3.8, 4) is 5.75 Å². The molecule has 0 saturated heterocycles. The van der Waals surface area contributed by atoms with Crippen LogP contribution in [0.3, 0.4) is 0 Å². The first kappa shape index (κ1) is 16.0. The minimum absolute atomic E-state index is 0.0786. The van der Waals surface area contributed by atoms with Gasteiger partial charge < -0.3 is 21.1 Å². The standard InChI is InChI=1S/C14H21N3O3/c1-10-4-3-5-12(6-10)20-9-11(2)17-14(19)8-16-13(18)7-15/h3-6,11H,7-9,15H2,1-2H3,(H,16,18)(H,17,19). The molecule has 20 heavy (non-hydrogen) atoms. The van der Waals surface area contributed by atoms with E-state index in [2.05, 4.69) is 10.6 Å². The van der Waals surface area contributed by atoms with Crippen LogP contribution < -0.4 is 21.1 Å². The van der Waals surface area contributed by atoms with Gasteiger partial charge in [0, 0.05) is 0 Å². The highest BCUT2D eigenvalue weighted by Gasteiger charge is 2.09. The molecule has 0 aromatic heterocycles. The Bertz CT molecular complexity index is 463. The number of carbonyl (C=O) groups excluding carboxylic acids is 2. The molecule has 1 atom stereocenters. The highest BCUT2D eigenvalue weighted by molar-refractivity contribution is 5.85. The van der Waals surface area contributed by atoms with Crippen molar-refractivity contribution in [2.75, 3.05) is 19.7 Å². The van der Waals surface area contributed by atoms with Crippen molar-refractivity contribution in [1.29, 1.82) is 0 Å². The van der Waals surface area contributed by atoms with Crippen molar-refractivity contribution in [3.05, 3.63) is 29.8 Å². The number of aryl methyl sites for hydroxylation is 1. The van der Waals surface area contributed by atoms with Gasteiger partial charge in [0.25, 0.3) is 0 Å². The van der Waals surface area contributed by atoms with Gasteiger partial charge in [-0.25, -0.2) is 0 Å². The SMILES string of the molecule is Cc1cccc(OCC(C)NC(=O)CNC(=O)CN)c1. The molecule has 1 unspecified atom stereocenters. The van der Waals surface area contributed by atoms with Crippen LogP contribution in [-0.2, 0) is 9.59 Å². The van der Waals surface area contributed by atoms with Crippen molar-refractivity contribution in [2.45, 2.75) is 19.9 Å². The van der Waals surface area contributed by atoms with Gasteiger partial charge in [-0.2, -0.15) is 0 Å². The van der Waals surface area contributed by atoms with Gasteiger partial charge in [-0.1, -0.05) is 12.1 Å². The third-order valence-electron chi connectivity index (χ3n) is 2.53. The molecule has 2 amide bonds. The predicted octanol–water partition coefficient (Wildman–Crippen LogP) is -0.0466. The number of hydrogen-bond acceptors (Lipinski definition) is 4. The molecule has 0 aliphatic heterocycles. The van der Waals surface area contributed by atoms with Crippen molar-refractivity contribution in [3.63, 3.8) is 0 Å². The summed E-state index contributed by atoms with van der Waals surface area (Å²) in [7, 11) is 0. The van der Waals surface area contributed by atoms with E-state index in [1.807, 2.05) is 38.1 Å². The summed E-state index contributed by atoms with van der Waals surface area (Å²) in [6.07, 6.45) is 0. The highest BCUT2D eigenvalue weighted by atomic mass is 16.5. The molecule has 1 aromatic rings. The first-order valence-electron chi connectivity index (χ1n) is 6.47. The monoisotopic (exact) mass is 279 g/mol. The maximum atomic E-state index is 11.5. The third-order valence-corrected chi connectivity index (χ3v) is 2.53. The van der Waals surface area contributed by atoms with Crippen LogP contribution >= 0.6 is 0 Å². The Kier molecular flexibility index (Phi) is 6.52. The molecule has 1 rings (SSSR count). The van der Waals surface area contributed by atoms with E-state index in [9.17, 15) is 9.59 Å². The van der Waals surface area contributed by atoms with Crippen molar-refractivity contribution >= 4 is 11.8 Å². The second-order valence-electron chi connectivity index (χ2n) is 4.58. The lowest BCUT2D eigenvalue weighted by Gasteiger charge is -2.15. The average Bonchev–Trinajstić information content (AvgIpc) is 2.42. The zero-order valence-electron chi connectivity index (χ0n) is 11.8. The molecule has 0 radical (unpaired) electrons. The molecule has 6 heteroatoms. The Labute approximate surface area is 118 Å². The summed E-state index contributed by atoms with van der Waals surface area (Å²) < 4.78 is 5.57. The van der Waals surface area contributed by atoms with E-state index in [0.29, 0.717) is 6.61 Å². The normalized spacial score (nSPS) is 11.6. The summed E-state index contributed by atoms with van der Waals surface area (Å²) in [5.74, 6) is 0.137. The minimum Gasteiger partial charge on any atom is -0.491 e. The molecule has 1 aromatic carbocycles. The molecule has 0 bridgehead atoms. The fraction of sp³-hybridized carbons (Fsp3) is 0.429. The van der Waals surface area contributed by atoms with Crippen molar-refractivity contribution in [2.24, 2.45) is 5.73 Å². The van der Waals surface area contributed by atoms with Gasteiger partial charge in [0.05, 0.1) is 19.1 Å².